The maximum Gasteiger partial charge on any atom is 0.339 e. The van der Waals surface area contributed by atoms with E-state index in [4.69, 9.17) is 20.5 Å². The summed E-state index contributed by atoms with van der Waals surface area (Å²) in [7, 11) is -3.91. The maximum atomic E-state index is 12.4. The molecule has 4 nitrogen and oxygen atoms in total. The molecule has 3 rings (SSSR count). The number of hydrogen-bond acceptors (Lipinski definition) is 4. The van der Waals surface area contributed by atoms with Gasteiger partial charge in [0.2, 0.25) is 0 Å². The summed E-state index contributed by atoms with van der Waals surface area (Å²) in [6, 6.07) is 16.5. The van der Waals surface area contributed by atoms with Crippen molar-refractivity contribution in [3.8, 4) is 11.5 Å². The molecular weight excluding hydrogens is 348 g/mol. The Morgan fingerprint density at radius 2 is 1.50 bits per heavy atom. The summed E-state index contributed by atoms with van der Waals surface area (Å²) in [6.07, 6.45) is 0. The fourth-order valence-electron chi connectivity index (χ4n) is 2.28. The second kappa shape index (κ2) is 6.71. The Morgan fingerprint density at radius 1 is 0.875 bits per heavy atom. The van der Waals surface area contributed by atoms with Crippen molar-refractivity contribution >= 4 is 32.5 Å². The van der Waals surface area contributed by atoms with E-state index in [1.807, 2.05) is 25.1 Å². The molecule has 0 amide bonds. The Kier molecular flexibility index (Phi) is 4.64. The Labute approximate surface area is 145 Å². The van der Waals surface area contributed by atoms with Gasteiger partial charge in [-0.3, -0.25) is 0 Å². The molecule has 0 spiro atoms. The van der Waals surface area contributed by atoms with Crippen molar-refractivity contribution in [3.05, 3.63) is 65.7 Å². The molecule has 0 radical (unpaired) electrons. The van der Waals surface area contributed by atoms with Crippen LogP contribution in [-0.2, 0) is 10.1 Å². The molecule has 0 atom stereocenters. The summed E-state index contributed by atoms with van der Waals surface area (Å²) < 4.78 is 35.4. The minimum absolute atomic E-state index is 0.0918. The van der Waals surface area contributed by atoms with Gasteiger partial charge in [0.1, 0.15) is 16.4 Å². The Morgan fingerprint density at radius 3 is 2.21 bits per heavy atom. The smallest absolute Gasteiger partial charge is 0.339 e. The van der Waals surface area contributed by atoms with Gasteiger partial charge in [-0.15, -0.1) is 0 Å². The molecule has 0 bridgehead atoms. The number of benzene rings is 3. The molecule has 124 valence electrons. The van der Waals surface area contributed by atoms with Gasteiger partial charge in [-0.1, -0.05) is 23.7 Å². The van der Waals surface area contributed by atoms with Crippen molar-refractivity contribution in [2.45, 2.75) is 11.8 Å². The molecule has 0 fully saturated rings. The number of halogens is 1. The number of ether oxygens (including phenoxy) is 1. The first-order chi connectivity index (χ1) is 11.5. The Bertz CT molecular complexity index is 966. The standard InChI is InChI=1S/C18H15ClO4S/c1-2-22-17-7-3-14-12-18(10-4-13(14)11-17)24(20,21)23-16-8-5-15(19)6-9-16/h3-12H,2H2,1H3. The molecule has 0 aliphatic heterocycles. The zero-order valence-electron chi connectivity index (χ0n) is 12.9. The monoisotopic (exact) mass is 362 g/mol. The number of rotatable bonds is 5. The highest BCUT2D eigenvalue weighted by atomic mass is 35.5. The largest absolute Gasteiger partial charge is 0.494 e. The van der Waals surface area contributed by atoms with Crippen LogP contribution in [0, 0.1) is 0 Å². The lowest BCUT2D eigenvalue weighted by molar-refractivity contribution is 0.341. The van der Waals surface area contributed by atoms with E-state index in [-0.39, 0.29) is 10.6 Å². The van der Waals surface area contributed by atoms with Crippen LogP contribution in [0.15, 0.2) is 65.6 Å². The molecule has 0 aliphatic rings. The van der Waals surface area contributed by atoms with Gasteiger partial charge in [-0.05, 0) is 66.2 Å². The van der Waals surface area contributed by atoms with Crippen LogP contribution >= 0.6 is 11.6 Å². The molecule has 0 saturated carbocycles. The van der Waals surface area contributed by atoms with Gasteiger partial charge >= 0.3 is 10.1 Å². The van der Waals surface area contributed by atoms with E-state index in [0.717, 1.165) is 16.5 Å². The van der Waals surface area contributed by atoms with Crippen molar-refractivity contribution in [2.24, 2.45) is 0 Å². The summed E-state index contributed by atoms with van der Waals surface area (Å²) in [6.45, 7) is 2.49. The van der Waals surface area contributed by atoms with Crippen LogP contribution in [0.2, 0.25) is 5.02 Å². The third-order valence-corrected chi connectivity index (χ3v) is 4.90. The van der Waals surface area contributed by atoms with E-state index in [0.29, 0.717) is 11.6 Å². The molecule has 3 aromatic rings. The number of hydrogen-bond donors (Lipinski definition) is 0. The summed E-state index contributed by atoms with van der Waals surface area (Å²) in [4.78, 5) is 0.0918. The van der Waals surface area contributed by atoms with Gasteiger partial charge in [0.05, 0.1) is 6.61 Å². The minimum Gasteiger partial charge on any atom is -0.494 e. The van der Waals surface area contributed by atoms with E-state index >= 15 is 0 Å². The Hall–Kier alpha value is -2.24. The second-order valence-electron chi connectivity index (χ2n) is 5.10. The highest BCUT2D eigenvalue weighted by Gasteiger charge is 2.17. The van der Waals surface area contributed by atoms with E-state index < -0.39 is 10.1 Å². The van der Waals surface area contributed by atoms with Crippen LogP contribution in [0.1, 0.15) is 6.92 Å². The van der Waals surface area contributed by atoms with E-state index in [1.165, 1.54) is 18.2 Å². The van der Waals surface area contributed by atoms with Crippen LogP contribution in [0.3, 0.4) is 0 Å². The van der Waals surface area contributed by atoms with Crippen LogP contribution in [-0.4, -0.2) is 15.0 Å². The second-order valence-corrected chi connectivity index (χ2v) is 7.08. The molecule has 0 heterocycles. The fourth-order valence-corrected chi connectivity index (χ4v) is 3.37. The van der Waals surface area contributed by atoms with Gasteiger partial charge in [-0.2, -0.15) is 8.42 Å². The molecule has 0 saturated heterocycles. The molecule has 0 unspecified atom stereocenters. The average molecular weight is 363 g/mol. The molecule has 0 N–H and O–H groups in total. The van der Waals surface area contributed by atoms with Crippen molar-refractivity contribution in [3.63, 3.8) is 0 Å². The van der Waals surface area contributed by atoms with Crippen molar-refractivity contribution < 1.29 is 17.3 Å². The highest BCUT2D eigenvalue weighted by Crippen LogP contribution is 2.26. The zero-order valence-corrected chi connectivity index (χ0v) is 14.5. The topological polar surface area (TPSA) is 52.6 Å². The van der Waals surface area contributed by atoms with Crippen molar-refractivity contribution in [1.29, 1.82) is 0 Å². The predicted molar refractivity (Wildman–Crippen MR) is 94.4 cm³/mol. The fraction of sp³-hybridized carbons (Fsp3) is 0.111. The first kappa shape index (κ1) is 16.6. The zero-order chi connectivity index (χ0) is 17.2. The van der Waals surface area contributed by atoms with Gasteiger partial charge < -0.3 is 8.92 Å². The lowest BCUT2D eigenvalue weighted by Gasteiger charge is -2.09. The van der Waals surface area contributed by atoms with E-state index in [1.54, 1.807) is 24.3 Å². The molecule has 0 aromatic heterocycles. The van der Waals surface area contributed by atoms with Gasteiger partial charge in [0.15, 0.2) is 0 Å². The lowest BCUT2D eigenvalue weighted by atomic mass is 10.1. The molecular formula is C18H15ClO4S. The maximum absolute atomic E-state index is 12.4. The summed E-state index contributed by atoms with van der Waals surface area (Å²) in [5.74, 6) is 0.962. The number of fused-ring (bicyclic) bond motifs is 1. The first-order valence-corrected chi connectivity index (χ1v) is 9.13. The lowest BCUT2D eigenvalue weighted by Crippen LogP contribution is -2.09. The average Bonchev–Trinajstić information content (AvgIpc) is 2.56. The van der Waals surface area contributed by atoms with Crippen LogP contribution in [0.5, 0.6) is 11.5 Å². The van der Waals surface area contributed by atoms with E-state index in [9.17, 15) is 8.42 Å². The van der Waals surface area contributed by atoms with Crippen molar-refractivity contribution in [2.75, 3.05) is 6.61 Å². The third-order valence-electron chi connectivity index (χ3n) is 3.40. The van der Waals surface area contributed by atoms with Crippen LogP contribution in [0.25, 0.3) is 10.8 Å². The summed E-state index contributed by atoms with van der Waals surface area (Å²) >= 11 is 5.79. The van der Waals surface area contributed by atoms with Crippen LogP contribution in [0.4, 0.5) is 0 Å². The highest BCUT2D eigenvalue weighted by molar-refractivity contribution is 7.87. The SMILES string of the molecule is CCOc1ccc2cc(S(=O)(=O)Oc3ccc(Cl)cc3)ccc2c1. The Balaban J connectivity index is 1.92. The quantitative estimate of drug-likeness (QED) is 0.619. The molecule has 24 heavy (non-hydrogen) atoms. The van der Waals surface area contributed by atoms with E-state index in [2.05, 4.69) is 0 Å². The minimum atomic E-state index is -3.91. The van der Waals surface area contributed by atoms with Crippen molar-refractivity contribution in [1.82, 2.24) is 0 Å². The van der Waals surface area contributed by atoms with Gasteiger partial charge in [-0.25, -0.2) is 0 Å². The molecule has 0 aliphatic carbocycles. The summed E-state index contributed by atoms with van der Waals surface area (Å²) in [5, 5.41) is 2.20. The van der Waals surface area contributed by atoms with Gasteiger partial charge in [0.25, 0.3) is 0 Å². The predicted octanol–water partition coefficient (Wildman–Crippen LogP) is 4.66. The molecule has 6 heteroatoms. The van der Waals surface area contributed by atoms with Gasteiger partial charge in [0, 0.05) is 5.02 Å². The molecule has 3 aromatic carbocycles. The first-order valence-electron chi connectivity index (χ1n) is 7.34. The summed E-state index contributed by atoms with van der Waals surface area (Å²) in [5.41, 5.74) is 0. The van der Waals surface area contributed by atoms with Crippen LogP contribution < -0.4 is 8.92 Å². The third kappa shape index (κ3) is 3.63. The normalized spacial score (nSPS) is 11.4.